The first-order valence-corrected chi connectivity index (χ1v) is 9.94. The van der Waals surface area contributed by atoms with E-state index in [2.05, 4.69) is 12.2 Å². The van der Waals surface area contributed by atoms with E-state index in [1.807, 2.05) is 16.4 Å². The predicted molar refractivity (Wildman–Crippen MR) is 107 cm³/mol. The van der Waals surface area contributed by atoms with E-state index < -0.39 is 0 Å². The number of nitrogens with one attached hydrogen (secondary N) is 1. The van der Waals surface area contributed by atoms with Gasteiger partial charge in [-0.05, 0) is 32.3 Å². The van der Waals surface area contributed by atoms with Gasteiger partial charge in [-0.25, -0.2) is 4.98 Å². The third kappa shape index (κ3) is 3.17. The molecule has 0 unspecified atom stereocenters. The second-order valence-corrected chi connectivity index (χ2v) is 8.08. The lowest BCUT2D eigenvalue weighted by molar-refractivity contribution is 0.0660. The fraction of sp³-hybridized carbons (Fsp3) is 0.611. The van der Waals surface area contributed by atoms with Gasteiger partial charge in [-0.15, -0.1) is 23.7 Å². The van der Waals surface area contributed by atoms with Crippen LogP contribution in [0.25, 0.3) is 10.2 Å². The number of aryl methyl sites for hydroxylation is 2. The molecule has 0 radical (unpaired) electrons. The Morgan fingerprint density at radius 1 is 1.27 bits per heavy atom. The Morgan fingerprint density at radius 3 is 2.85 bits per heavy atom. The van der Waals surface area contributed by atoms with Crippen molar-refractivity contribution >= 4 is 39.9 Å². The lowest BCUT2D eigenvalue weighted by atomic mass is 10.1. The topological polar surface area (TPSA) is 67.2 Å². The second-order valence-electron chi connectivity index (χ2n) is 7.08. The van der Waals surface area contributed by atoms with Gasteiger partial charge in [0.25, 0.3) is 11.5 Å². The van der Waals surface area contributed by atoms with E-state index in [9.17, 15) is 9.59 Å². The van der Waals surface area contributed by atoms with Crippen molar-refractivity contribution in [3.8, 4) is 0 Å². The normalized spacial score (nSPS) is 20.4. The lowest BCUT2D eigenvalue weighted by Gasteiger charge is -2.33. The molecule has 142 valence electrons. The Hall–Kier alpha value is -1.44. The molecule has 1 N–H and O–H groups in total. The molecule has 0 aliphatic carbocycles. The molecular formula is C18H25ClN4O2S. The third-order valence-corrected chi connectivity index (χ3v) is 6.54. The lowest BCUT2D eigenvalue weighted by Crippen LogP contribution is -2.52. The monoisotopic (exact) mass is 396 g/mol. The van der Waals surface area contributed by atoms with Crippen molar-refractivity contribution < 1.29 is 4.79 Å². The van der Waals surface area contributed by atoms with Crippen LogP contribution in [0.4, 0.5) is 0 Å². The number of thiophene rings is 1. The zero-order chi connectivity index (χ0) is 17.6. The summed E-state index contributed by atoms with van der Waals surface area (Å²) in [6.07, 6.45) is 4.08. The van der Waals surface area contributed by atoms with E-state index in [-0.39, 0.29) is 29.9 Å². The number of carbonyl (C=O) groups excluding carboxylic acids is 1. The van der Waals surface area contributed by atoms with Crippen LogP contribution in [0.3, 0.4) is 0 Å². The maximum atomic E-state index is 13.1. The Balaban J connectivity index is 0.00000196. The van der Waals surface area contributed by atoms with Gasteiger partial charge >= 0.3 is 0 Å². The second kappa shape index (κ2) is 7.66. The van der Waals surface area contributed by atoms with Gasteiger partial charge in [-0.3, -0.25) is 14.2 Å². The molecule has 8 heteroatoms. The summed E-state index contributed by atoms with van der Waals surface area (Å²) in [6, 6.07) is 0.164. The molecule has 2 aliphatic rings. The molecule has 1 atom stereocenters. The maximum absolute atomic E-state index is 13.1. The molecule has 0 bridgehead atoms. The van der Waals surface area contributed by atoms with Crippen LogP contribution in [0.1, 0.15) is 47.2 Å². The molecule has 1 amide bonds. The van der Waals surface area contributed by atoms with E-state index in [1.165, 1.54) is 11.3 Å². The highest BCUT2D eigenvalue weighted by Crippen LogP contribution is 2.30. The number of fused-ring (bicyclic) bond motifs is 2. The Labute approximate surface area is 163 Å². The first kappa shape index (κ1) is 19.3. The van der Waals surface area contributed by atoms with Crippen LogP contribution in [0.2, 0.25) is 0 Å². The van der Waals surface area contributed by atoms with Crippen LogP contribution in [-0.4, -0.2) is 46.0 Å². The van der Waals surface area contributed by atoms with E-state index >= 15 is 0 Å². The molecule has 1 fully saturated rings. The van der Waals surface area contributed by atoms with Crippen molar-refractivity contribution in [3.05, 3.63) is 26.6 Å². The van der Waals surface area contributed by atoms with Gasteiger partial charge < -0.3 is 10.2 Å². The number of carbonyl (C=O) groups is 1. The number of nitrogens with zero attached hydrogens (tertiary/aromatic N) is 3. The van der Waals surface area contributed by atoms with Gasteiger partial charge in [0.15, 0.2) is 0 Å². The van der Waals surface area contributed by atoms with E-state index in [0.29, 0.717) is 16.8 Å². The Bertz CT molecular complexity index is 891. The smallest absolute Gasteiger partial charge is 0.264 e. The van der Waals surface area contributed by atoms with Crippen molar-refractivity contribution in [1.29, 1.82) is 0 Å². The quantitative estimate of drug-likeness (QED) is 0.803. The fourth-order valence-electron chi connectivity index (χ4n) is 3.89. The summed E-state index contributed by atoms with van der Waals surface area (Å²) in [5, 5.41) is 3.95. The summed E-state index contributed by atoms with van der Waals surface area (Å²) in [7, 11) is 0. The minimum absolute atomic E-state index is 0. The van der Waals surface area contributed by atoms with Crippen LogP contribution in [0, 0.1) is 6.92 Å². The van der Waals surface area contributed by atoms with Crippen molar-refractivity contribution in [1.82, 2.24) is 19.8 Å². The fourth-order valence-corrected chi connectivity index (χ4v) is 5.03. The molecule has 1 saturated heterocycles. The number of halogens is 1. The first-order valence-electron chi connectivity index (χ1n) is 9.12. The summed E-state index contributed by atoms with van der Waals surface area (Å²) in [5.41, 5.74) is 0.829. The predicted octanol–water partition coefficient (Wildman–Crippen LogP) is 2.35. The van der Waals surface area contributed by atoms with Crippen LogP contribution in [0.5, 0.6) is 0 Å². The zero-order valence-electron chi connectivity index (χ0n) is 15.2. The number of piperazine rings is 1. The SMILES string of the molecule is Cc1c(C(=O)N2CCNC[C@H]2C)sc2nc3n(c(=O)c12)CCCCC3.Cl. The molecule has 2 aromatic rings. The highest BCUT2D eigenvalue weighted by atomic mass is 35.5. The molecular weight excluding hydrogens is 372 g/mol. The van der Waals surface area contributed by atoms with E-state index in [4.69, 9.17) is 4.98 Å². The van der Waals surface area contributed by atoms with Crippen LogP contribution in [-0.2, 0) is 13.0 Å². The standard InChI is InChI=1S/C18H24N4O2S.ClH/c1-11-10-19-7-9-21(11)18(24)15-12(2)14-16(25-15)20-13-6-4-3-5-8-22(13)17(14)23;/h11,19H,3-10H2,1-2H3;1H/t11-;/m1./s1. The molecule has 0 spiro atoms. The zero-order valence-corrected chi connectivity index (χ0v) is 16.8. The van der Waals surface area contributed by atoms with E-state index in [1.54, 1.807) is 0 Å². The highest BCUT2D eigenvalue weighted by molar-refractivity contribution is 7.20. The summed E-state index contributed by atoms with van der Waals surface area (Å²) in [6.45, 7) is 7.02. The number of aromatic nitrogens is 2. The van der Waals surface area contributed by atoms with Crippen LogP contribution < -0.4 is 10.9 Å². The Morgan fingerprint density at radius 2 is 2.08 bits per heavy atom. The van der Waals surface area contributed by atoms with Crippen LogP contribution in [0.15, 0.2) is 4.79 Å². The van der Waals surface area contributed by atoms with Gasteiger partial charge in [0.1, 0.15) is 10.7 Å². The maximum Gasteiger partial charge on any atom is 0.264 e. The third-order valence-electron chi connectivity index (χ3n) is 5.37. The van der Waals surface area contributed by atoms with Gasteiger partial charge in [-0.2, -0.15) is 0 Å². The van der Waals surface area contributed by atoms with Gasteiger partial charge in [-0.1, -0.05) is 6.42 Å². The molecule has 0 saturated carbocycles. The Kier molecular flexibility index (Phi) is 5.69. The minimum Gasteiger partial charge on any atom is -0.333 e. The molecule has 4 heterocycles. The molecule has 2 aromatic heterocycles. The first-order chi connectivity index (χ1) is 12.1. The molecule has 4 rings (SSSR count). The molecule has 2 aliphatic heterocycles. The average Bonchev–Trinajstić information content (AvgIpc) is 2.78. The number of hydrogen-bond acceptors (Lipinski definition) is 5. The number of hydrogen-bond donors (Lipinski definition) is 1. The summed E-state index contributed by atoms with van der Waals surface area (Å²) >= 11 is 1.39. The number of amides is 1. The highest BCUT2D eigenvalue weighted by Gasteiger charge is 2.28. The van der Waals surface area contributed by atoms with Crippen molar-refractivity contribution in [2.75, 3.05) is 19.6 Å². The van der Waals surface area contributed by atoms with Gasteiger partial charge in [0.2, 0.25) is 0 Å². The summed E-state index contributed by atoms with van der Waals surface area (Å²) in [4.78, 5) is 34.2. The van der Waals surface area contributed by atoms with E-state index in [0.717, 1.165) is 61.5 Å². The van der Waals surface area contributed by atoms with Crippen molar-refractivity contribution in [2.45, 2.75) is 52.1 Å². The largest absolute Gasteiger partial charge is 0.333 e. The summed E-state index contributed by atoms with van der Waals surface area (Å²) in [5.74, 6) is 0.917. The van der Waals surface area contributed by atoms with Gasteiger partial charge in [0.05, 0.1) is 10.3 Å². The molecule has 26 heavy (non-hydrogen) atoms. The van der Waals surface area contributed by atoms with Gasteiger partial charge in [0, 0.05) is 38.6 Å². The minimum atomic E-state index is 0. The van der Waals surface area contributed by atoms with Crippen LogP contribution >= 0.6 is 23.7 Å². The van der Waals surface area contributed by atoms with Crippen molar-refractivity contribution in [2.24, 2.45) is 0 Å². The average molecular weight is 397 g/mol. The molecule has 0 aromatic carbocycles. The summed E-state index contributed by atoms with van der Waals surface area (Å²) < 4.78 is 1.83. The number of rotatable bonds is 1. The molecule has 6 nitrogen and oxygen atoms in total. The van der Waals surface area contributed by atoms with Crippen molar-refractivity contribution in [3.63, 3.8) is 0 Å².